The quantitative estimate of drug-likeness (QED) is 0.752. The van der Waals surface area contributed by atoms with Crippen LogP contribution >= 0.6 is 11.6 Å². The lowest BCUT2D eigenvalue weighted by molar-refractivity contribution is 0.309. The fourth-order valence-corrected chi connectivity index (χ4v) is 3.09. The maximum absolute atomic E-state index is 6.13. The summed E-state index contributed by atoms with van der Waals surface area (Å²) in [4.78, 5) is 2.38. The van der Waals surface area contributed by atoms with E-state index in [1.54, 1.807) is 0 Å². The zero-order valence-electron chi connectivity index (χ0n) is 10.3. The maximum atomic E-state index is 6.13. The number of likely N-dealkylation sites (N-methyl/N-ethyl adjacent to an activating group) is 1. The van der Waals surface area contributed by atoms with Crippen LogP contribution in [0.15, 0.2) is 18.2 Å². The average molecular weight is 249 g/mol. The van der Waals surface area contributed by atoms with Crippen LogP contribution < -0.4 is 0 Å². The number of fused-ring (bicyclic) bond motifs is 3. The molecule has 17 heavy (non-hydrogen) atoms. The number of rotatable bonds is 1. The minimum Gasteiger partial charge on any atom is -0.344 e. The molecule has 0 amide bonds. The van der Waals surface area contributed by atoms with Crippen LogP contribution in [0.5, 0.6) is 0 Å². The molecule has 0 atom stereocenters. The first-order valence-electron chi connectivity index (χ1n) is 6.18. The van der Waals surface area contributed by atoms with E-state index in [1.165, 1.54) is 22.2 Å². The molecule has 1 aromatic carbocycles. The van der Waals surface area contributed by atoms with E-state index in [2.05, 4.69) is 35.6 Å². The van der Waals surface area contributed by atoms with Crippen LogP contribution in [0.3, 0.4) is 0 Å². The largest absolute Gasteiger partial charge is 0.344 e. The molecule has 0 saturated heterocycles. The molecule has 2 heterocycles. The Hall–Kier alpha value is -0.990. The Morgan fingerprint density at radius 2 is 2.18 bits per heavy atom. The third kappa shape index (κ3) is 1.67. The molecular weight excluding hydrogens is 232 g/mol. The molecule has 0 bridgehead atoms. The van der Waals surface area contributed by atoms with Gasteiger partial charge in [-0.3, -0.25) is 0 Å². The zero-order chi connectivity index (χ0) is 12.0. The summed E-state index contributed by atoms with van der Waals surface area (Å²) >= 11 is 6.13. The van der Waals surface area contributed by atoms with Crippen LogP contribution in [-0.2, 0) is 19.5 Å². The Morgan fingerprint density at radius 1 is 1.35 bits per heavy atom. The third-order valence-electron chi connectivity index (χ3n) is 3.72. The highest BCUT2D eigenvalue weighted by atomic mass is 35.5. The zero-order valence-corrected chi connectivity index (χ0v) is 11.1. The lowest BCUT2D eigenvalue weighted by Gasteiger charge is -2.24. The van der Waals surface area contributed by atoms with E-state index in [1.807, 2.05) is 6.07 Å². The SMILES string of the molecule is CCn1c2c(c3cc(Cl)ccc31)CN(C)CC2. The van der Waals surface area contributed by atoms with Crippen LogP contribution in [0.25, 0.3) is 10.9 Å². The van der Waals surface area contributed by atoms with E-state index < -0.39 is 0 Å². The third-order valence-corrected chi connectivity index (χ3v) is 3.96. The van der Waals surface area contributed by atoms with Gasteiger partial charge in [0.2, 0.25) is 0 Å². The van der Waals surface area contributed by atoms with Crippen molar-refractivity contribution in [1.29, 1.82) is 0 Å². The molecular formula is C14H17ClN2. The number of hydrogen-bond acceptors (Lipinski definition) is 1. The summed E-state index contributed by atoms with van der Waals surface area (Å²) in [6, 6.07) is 6.26. The normalized spacial score (nSPS) is 16.4. The summed E-state index contributed by atoms with van der Waals surface area (Å²) in [6.45, 7) is 5.44. The summed E-state index contributed by atoms with van der Waals surface area (Å²) in [5.74, 6) is 0. The number of aromatic nitrogens is 1. The lowest BCUT2D eigenvalue weighted by atomic mass is 10.1. The Labute approximate surface area is 107 Å². The van der Waals surface area contributed by atoms with Gasteiger partial charge in [0.05, 0.1) is 0 Å². The van der Waals surface area contributed by atoms with Gasteiger partial charge < -0.3 is 9.47 Å². The number of benzene rings is 1. The minimum atomic E-state index is 0.835. The Balaban J connectivity index is 2.32. The molecule has 2 aromatic rings. The van der Waals surface area contributed by atoms with Crippen LogP contribution in [0, 0.1) is 0 Å². The molecule has 3 heteroatoms. The summed E-state index contributed by atoms with van der Waals surface area (Å²) in [7, 11) is 2.18. The van der Waals surface area contributed by atoms with Gasteiger partial charge in [-0.05, 0) is 37.7 Å². The highest BCUT2D eigenvalue weighted by Crippen LogP contribution is 2.32. The molecule has 0 saturated carbocycles. The molecule has 0 N–H and O–H groups in total. The molecule has 1 aromatic heterocycles. The second kappa shape index (κ2) is 4.04. The van der Waals surface area contributed by atoms with E-state index in [0.29, 0.717) is 0 Å². The summed E-state index contributed by atoms with van der Waals surface area (Å²) in [5, 5.41) is 2.17. The van der Waals surface area contributed by atoms with E-state index in [9.17, 15) is 0 Å². The van der Waals surface area contributed by atoms with Gasteiger partial charge in [-0.2, -0.15) is 0 Å². The standard InChI is InChI=1S/C14H17ClN2/c1-3-17-13-5-4-10(15)8-11(13)12-9-16(2)7-6-14(12)17/h4-5,8H,3,6-7,9H2,1-2H3. The number of hydrogen-bond donors (Lipinski definition) is 0. The van der Waals surface area contributed by atoms with E-state index in [-0.39, 0.29) is 0 Å². The molecule has 0 unspecified atom stereocenters. The van der Waals surface area contributed by atoms with Gasteiger partial charge in [-0.25, -0.2) is 0 Å². The van der Waals surface area contributed by atoms with Gasteiger partial charge in [0.15, 0.2) is 0 Å². The predicted molar refractivity (Wildman–Crippen MR) is 72.7 cm³/mol. The molecule has 2 nitrogen and oxygen atoms in total. The summed E-state index contributed by atoms with van der Waals surface area (Å²) < 4.78 is 2.44. The smallest absolute Gasteiger partial charge is 0.0486 e. The van der Waals surface area contributed by atoms with Crippen molar-refractivity contribution in [2.24, 2.45) is 0 Å². The summed E-state index contributed by atoms with van der Waals surface area (Å²) in [6.07, 6.45) is 1.14. The molecule has 0 radical (unpaired) electrons. The average Bonchev–Trinajstić information content (AvgIpc) is 2.62. The Bertz CT molecular complexity index is 571. The van der Waals surface area contributed by atoms with Gasteiger partial charge in [0, 0.05) is 47.7 Å². The van der Waals surface area contributed by atoms with E-state index in [4.69, 9.17) is 11.6 Å². The second-order valence-corrected chi connectivity index (χ2v) is 5.26. The van der Waals surface area contributed by atoms with Crippen molar-refractivity contribution in [2.75, 3.05) is 13.6 Å². The topological polar surface area (TPSA) is 8.17 Å². The second-order valence-electron chi connectivity index (χ2n) is 4.82. The van der Waals surface area contributed by atoms with Crippen molar-refractivity contribution in [1.82, 2.24) is 9.47 Å². The molecule has 0 aliphatic carbocycles. The van der Waals surface area contributed by atoms with Crippen molar-refractivity contribution in [3.63, 3.8) is 0 Å². The first-order chi connectivity index (χ1) is 8.20. The fourth-order valence-electron chi connectivity index (χ4n) is 2.92. The van der Waals surface area contributed by atoms with Crippen LogP contribution in [-0.4, -0.2) is 23.1 Å². The lowest BCUT2D eigenvalue weighted by Crippen LogP contribution is -2.27. The number of nitrogens with zero attached hydrogens (tertiary/aromatic N) is 2. The minimum absolute atomic E-state index is 0.835. The molecule has 0 fully saturated rings. The number of aryl methyl sites for hydroxylation is 1. The highest BCUT2D eigenvalue weighted by molar-refractivity contribution is 6.31. The molecule has 0 spiro atoms. The van der Waals surface area contributed by atoms with Crippen LogP contribution in [0.4, 0.5) is 0 Å². The summed E-state index contributed by atoms with van der Waals surface area (Å²) in [5.41, 5.74) is 4.30. The van der Waals surface area contributed by atoms with Crippen molar-refractivity contribution in [3.05, 3.63) is 34.5 Å². The van der Waals surface area contributed by atoms with Crippen molar-refractivity contribution < 1.29 is 0 Å². The van der Waals surface area contributed by atoms with E-state index in [0.717, 1.165) is 31.1 Å². The van der Waals surface area contributed by atoms with Gasteiger partial charge in [-0.1, -0.05) is 11.6 Å². The Kier molecular flexibility index (Phi) is 2.64. The highest BCUT2D eigenvalue weighted by Gasteiger charge is 2.21. The van der Waals surface area contributed by atoms with Crippen molar-refractivity contribution in [2.45, 2.75) is 26.4 Å². The molecule has 90 valence electrons. The van der Waals surface area contributed by atoms with Crippen molar-refractivity contribution >= 4 is 22.5 Å². The first-order valence-corrected chi connectivity index (χ1v) is 6.56. The Morgan fingerprint density at radius 3 is 2.94 bits per heavy atom. The molecule has 1 aliphatic heterocycles. The van der Waals surface area contributed by atoms with Gasteiger partial charge in [-0.15, -0.1) is 0 Å². The van der Waals surface area contributed by atoms with E-state index >= 15 is 0 Å². The predicted octanol–water partition coefficient (Wildman–Crippen LogP) is 3.30. The van der Waals surface area contributed by atoms with Gasteiger partial charge in [0.1, 0.15) is 0 Å². The van der Waals surface area contributed by atoms with Gasteiger partial charge >= 0.3 is 0 Å². The first kappa shape index (κ1) is 11.1. The van der Waals surface area contributed by atoms with Crippen molar-refractivity contribution in [3.8, 4) is 0 Å². The van der Waals surface area contributed by atoms with Crippen LogP contribution in [0.2, 0.25) is 5.02 Å². The van der Waals surface area contributed by atoms with Crippen LogP contribution in [0.1, 0.15) is 18.2 Å². The maximum Gasteiger partial charge on any atom is 0.0486 e. The fraction of sp³-hybridized carbons (Fsp3) is 0.429. The van der Waals surface area contributed by atoms with Gasteiger partial charge in [0.25, 0.3) is 0 Å². The monoisotopic (exact) mass is 248 g/mol. The number of halogens is 1. The molecule has 1 aliphatic rings. The molecule has 3 rings (SSSR count).